The maximum absolute atomic E-state index is 11.0. The smallest absolute Gasteiger partial charge is 0.222 e. The molecule has 1 N–H and O–H groups in total. The largest absolute Gasteiger partial charge is 0.309 e. The first-order valence-electron chi connectivity index (χ1n) is 6.78. The molecule has 0 saturated carbocycles. The summed E-state index contributed by atoms with van der Waals surface area (Å²) < 4.78 is 1.97. The Hall–Kier alpha value is -1.66. The first-order chi connectivity index (χ1) is 9.70. The maximum atomic E-state index is 11.0. The molecule has 0 bridgehead atoms. The van der Waals surface area contributed by atoms with Crippen molar-refractivity contribution in [3.63, 3.8) is 0 Å². The molecule has 1 atom stereocenters. The summed E-state index contributed by atoms with van der Waals surface area (Å²) in [6.07, 6.45) is 3.05. The second-order valence-electron chi connectivity index (χ2n) is 5.12. The van der Waals surface area contributed by atoms with Crippen LogP contribution in [0.15, 0.2) is 29.8 Å². The number of carbonyl (C=O) groups is 1. The number of likely N-dealkylation sites (tertiary alicyclic amines) is 1. The summed E-state index contributed by atoms with van der Waals surface area (Å²) in [5, 5.41) is 9.26. The second kappa shape index (κ2) is 5.76. The lowest BCUT2D eigenvalue weighted by Gasteiger charge is -2.15. The molecule has 20 heavy (non-hydrogen) atoms. The highest BCUT2D eigenvalue weighted by molar-refractivity contribution is 7.09. The molecule has 6 heteroatoms. The summed E-state index contributed by atoms with van der Waals surface area (Å²) in [5.74, 6) is 0.551. The van der Waals surface area contributed by atoms with Gasteiger partial charge in [-0.25, -0.2) is 0 Å². The first kappa shape index (κ1) is 13.3. The number of rotatable bonds is 4. The number of nitrogens with one attached hydrogen (secondary N) is 1. The van der Waals surface area contributed by atoms with Gasteiger partial charge in [-0.05, 0) is 17.9 Å². The molecule has 0 spiro atoms. The zero-order valence-electron chi connectivity index (χ0n) is 11.5. The normalized spacial score (nSPS) is 19.4. The van der Waals surface area contributed by atoms with E-state index in [1.807, 2.05) is 16.9 Å². The molecule has 1 aliphatic heterocycles. The van der Waals surface area contributed by atoms with Gasteiger partial charge in [0, 0.05) is 43.7 Å². The Kier molecular flexibility index (Phi) is 3.84. The van der Waals surface area contributed by atoms with Crippen molar-refractivity contribution in [3.05, 3.63) is 34.7 Å². The standard InChI is InChI=1S/C14H18N4OS/c1-11(19)15-14-5-7-18(16-14)12-4-6-17(9-12)10-13-3-2-8-20-13/h2-3,5,7-8,12H,4,6,9-10H2,1H3,(H,15,16,19). The minimum absolute atomic E-state index is 0.0824. The SMILES string of the molecule is CC(=O)Nc1ccn(C2CCN(Cc3cccs3)C2)n1. The second-order valence-corrected chi connectivity index (χ2v) is 6.15. The van der Waals surface area contributed by atoms with E-state index in [0.29, 0.717) is 11.9 Å². The Labute approximate surface area is 122 Å². The van der Waals surface area contributed by atoms with Crippen molar-refractivity contribution in [2.45, 2.75) is 25.9 Å². The first-order valence-corrected chi connectivity index (χ1v) is 7.66. The Morgan fingerprint density at radius 1 is 1.55 bits per heavy atom. The fraction of sp³-hybridized carbons (Fsp3) is 0.429. The molecule has 2 aromatic rings. The van der Waals surface area contributed by atoms with E-state index >= 15 is 0 Å². The van der Waals surface area contributed by atoms with E-state index in [1.54, 1.807) is 11.3 Å². The Morgan fingerprint density at radius 2 is 2.45 bits per heavy atom. The van der Waals surface area contributed by atoms with Crippen LogP contribution in [-0.2, 0) is 11.3 Å². The summed E-state index contributed by atoms with van der Waals surface area (Å²) in [4.78, 5) is 14.9. The van der Waals surface area contributed by atoms with Gasteiger partial charge in [-0.15, -0.1) is 11.3 Å². The van der Waals surface area contributed by atoms with Crippen LogP contribution >= 0.6 is 11.3 Å². The van der Waals surface area contributed by atoms with Crippen LogP contribution in [0, 0.1) is 0 Å². The topological polar surface area (TPSA) is 50.2 Å². The number of carbonyl (C=O) groups excluding carboxylic acids is 1. The highest BCUT2D eigenvalue weighted by Crippen LogP contribution is 2.24. The van der Waals surface area contributed by atoms with Crippen molar-refractivity contribution in [3.8, 4) is 0 Å². The monoisotopic (exact) mass is 290 g/mol. The average molecular weight is 290 g/mol. The summed E-state index contributed by atoms with van der Waals surface area (Å²) in [6.45, 7) is 4.63. The third kappa shape index (κ3) is 3.08. The zero-order chi connectivity index (χ0) is 13.9. The van der Waals surface area contributed by atoms with Crippen LogP contribution < -0.4 is 5.32 Å². The van der Waals surface area contributed by atoms with Gasteiger partial charge < -0.3 is 5.32 Å². The third-order valence-electron chi connectivity index (χ3n) is 3.49. The fourth-order valence-electron chi connectivity index (χ4n) is 2.58. The molecule has 1 amide bonds. The lowest BCUT2D eigenvalue weighted by molar-refractivity contribution is -0.114. The van der Waals surface area contributed by atoms with Crippen molar-refractivity contribution in [2.75, 3.05) is 18.4 Å². The minimum atomic E-state index is -0.0824. The van der Waals surface area contributed by atoms with Gasteiger partial charge in [0.15, 0.2) is 5.82 Å². The van der Waals surface area contributed by atoms with Gasteiger partial charge >= 0.3 is 0 Å². The summed E-state index contributed by atoms with van der Waals surface area (Å²) >= 11 is 1.81. The van der Waals surface area contributed by atoms with Gasteiger partial charge in [0.2, 0.25) is 5.91 Å². The number of anilines is 1. The predicted molar refractivity (Wildman–Crippen MR) is 79.8 cm³/mol. The number of hydrogen-bond acceptors (Lipinski definition) is 4. The quantitative estimate of drug-likeness (QED) is 0.940. The molecule has 2 aromatic heterocycles. The summed E-state index contributed by atoms with van der Waals surface area (Å²) in [5.41, 5.74) is 0. The van der Waals surface area contributed by atoms with Crippen LogP contribution in [0.25, 0.3) is 0 Å². The molecule has 0 aliphatic carbocycles. The van der Waals surface area contributed by atoms with E-state index in [2.05, 4.69) is 32.8 Å². The Bertz CT molecular complexity index is 578. The molecule has 1 unspecified atom stereocenters. The van der Waals surface area contributed by atoms with E-state index in [9.17, 15) is 4.79 Å². The van der Waals surface area contributed by atoms with E-state index in [1.165, 1.54) is 11.8 Å². The van der Waals surface area contributed by atoms with Crippen molar-refractivity contribution < 1.29 is 4.79 Å². The Morgan fingerprint density at radius 3 is 3.20 bits per heavy atom. The molecule has 0 radical (unpaired) electrons. The number of nitrogens with zero attached hydrogens (tertiary/aromatic N) is 3. The molecule has 5 nitrogen and oxygen atoms in total. The van der Waals surface area contributed by atoms with Crippen LogP contribution in [0.4, 0.5) is 5.82 Å². The highest BCUT2D eigenvalue weighted by Gasteiger charge is 2.24. The van der Waals surface area contributed by atoms with Crippen molar-refractivity contribution in [2.24, 2.45) is 0 Å². The third-order valence-corrected chi connectivity index (χ3v) is 4.35. The fourth-order valence-corrected chi connectivity index (χ4v) is 3.33. The Balaban J connectivity index is 1.59. The van der Waals surface area contributed by atoms with Gasteiger partial charge in [0.1, 0.15) is 0 Å². The van der Waals surface area contributed by atoms with E-state index < -0.39 is 0 Å². The molecule has 3 rings (SSSR count). The molecule has 1 saturated heterocycles. The summed E-state index contributed by atoms with van der Waals surface area (Å²) in [6, 6.07) is 6.53. The van der Waals surface area contributed by atoms with Crippen LogP contribution in [0.2, 0.25) is 0 Å². The summed E-state index contributed by atoms with van der Waals surface area (Å²) in [7, 11) is 0. The van der Waals surface area contributed by atoms with Gasteiger partial charge in [-0.3, -0.25) is 14.4 Å². The zero-order valence-corrected chi connectivity index (χ0v) is 12.3. The van der Waals surface area contributed by atoms with Crippen molar-refractivity contribution in [1.82, 2.24) is 14.7 Å². The van der Waals surface area contributed by atoms with Gasteiger partial charge in [-0.2, -0.15) is 5.10 Å². The number of hydrogen-bond donors (Lipinski definition) is 1. The van der Waals surface area contributed by atoms with Crippen LogP contribution in [-0.4, -0.2) is 33.7 Å². The van der Waals surface area contributed by atoms with Crippen LogP contribution in [0.1, 0.15) is 24.3 Å². The van der Waals surface area contributed by atoms with Gasteiger partial charge in [0.25, 0.3) is 0 Å². The van der Waals surface area contributed by atoms with Gasteiger partial charge in [-0.1, -0.05) is 6.07 Å². The molecule has 1 fully saturated rings. The lowest BCUT2D eigenvalue weighted by atomic mass is 10.3. The maximum Gasteiger partial charge on any atom is 0.222 e. The van der Waals surface area contributed by atoms with Crippen molar-refractivity contribution in [1.29, 1.82) is 0 Å². The van der Waals surface area contributed by atoms with E-state index in [4.69, 9.17) is 0 Å². The molecule has 106 valence electrons. The molecule has 1 aliphatic rings. The molecular weight excluding hydrogens is 272 g/mol. The minimum Gasteiger partial charge on any atom is -0.309 e. The lowest BCUT2D eigenvalue weighted by Crippen LogP contribution is -2.21. The molecular formula is C14H18N4OS. The van der Waals surface area contributed by atoms with E-state index in [-0.39, 0.29) is 5.91 Å². The van der Waals surface area contributed by atoms with Gasteiger partial charge in [0.05, 0.1) is 6.04 Å². The number of amides is 1. The molecule has 0 aromatic carbocycles. The predicted octanol–water partition coefficient (Wildman–Crippen LogP) is 2.35. The average Bonchev–Trinajstić information content (AvgIpc) is 3.09. The van der Waals surface area contributed by atoms with Crippen LogP contribution in [0.3, 0.4) is 0 Å². The number of aromatic nitrogens is 2. The van der Waals surface area contributed by atoms with E-state index in [0.717, 1.165) is 26.1 Å². The highest BCUT2D eigenvalue weighted by atomic mass is 32.1. The van der Waals surface area contributed by atoms with Crippen molar-refractivity contribution >= 4 is 23.1 Å². The number of thiophene rings is 1. The van der Waals surface area contributed by atoms with Crippen LogP contribution in [0.5, 0.6) is 0 Å². The molecule has 3 heterocycles.